The molecule has 0 fully saturated rings. The first-order valence-corrected chi connectivity index (χ1v) is 11.9. The van der Waals surface area contributed by atoms with E-state index >= 15 is 0 Å². The van der Waals surface area contributed by atoms with E-state index in [2.05, 4.69) is 10.6 Å². The summed E-state index contributed by atoms with van der Waals surface area (Å²) in [7, 11) is -3.62. The van der Waals surface area contributed by atoms with Gasteiger partial charge in [0, 0.05) is 16.2 Å². The van der Waals surface area contributed by atoms with Gasteiger partial charge in [0.05, 0.1) is 28.1 Å². The molecule has 1 aromatic heterocycles. The van der Waals surface area contributed by atoms with Crippen LogP contribution in [-0.2, 0) is 26.0 Å². The van der Waals surface area contributed by atoms with Crippen LogP contribution < -0.4 is 10.6 Å². The molecule has 144 valence electrons. The van der Waals surface area contributed by atoms with Gasteiger partial charge in [-0.15, -0.1) is 23.1 Å². The number of hydrogen-bond donors (Lipinski definition) is 2. The zero-order valence-corrected chi connectivity index (χ0v) is 17.2. The Morgan fingerprint density at radius 1 is 1.30 bits per heavy atom. The number of sulfone groups is 1. The number of thiophene rings is 1. The van der Waals surface area contributed by atoms with Crippen LogP contribution in [0.3, 0.4) is 0 Å². The van der Waals surface area contributed by atoms with Crippen molar-refractivity contribution in [1.29, 1.82) is 0 Å². The van der Waals surface area contributed by atoms with Gasteiger partial charge in [-0.3, -0.25) is 9.59 Å². The molecule has 2 N–H and O–H groups in total. The predicted octanol–water partition coefficient (Wildman–Crippen LogP) is 3.05. The highest BCUT2D eigenvalue weighted by Crippen LogP contribution is 2.38. The molecule has 6 nitrogen and oxygen atoms in total. The van der Waals surface area contributed by atoms with Crippen LogP contribution in [0.25, 0.3) is 0 Å². The lowest BCUT2D eigenvalue weighted by Crippen LogP contribution is -2.28. The molecule has 1 aliphatic rings. The maximum atomic E-state index is 12.6. The zero-order valence-electron chi connectivity index (χ0n) is 14.7. The van der Waals surface area contributed by atoms with Crippen LogP contribution in [0.5, 0.6) is 0 Å². The number of carbonyl (C=O) groups excluding carboxylic acids is 2. The first-order chi connectivity index (χ1) is 12.9. The summed E-state index contributed by atoms with van der Waals surface area (Å²) in [5, 5.41) is 7.25. The summed E-state index contributed by atoms with van der Waals surface area (Å²) < 4.78 is 25.1. The maximum absolute atomic E-state index is 12.6. The van der Waals surface area contributed by atoms with Crippen molar-refractivity contribution in [3.8, 4) is 0 Å². The monoisotopic (exact) mass is 424 g/mol. The van der Waals surface area contributed by atoms with Gasteiger partial charge in [-0.25, -0.2) is 8.42 Å². The molecule has 0 saturated carbocycles. The number of anilines is 1. The standard InChI is InChI=1S/C18H20N2O4S3/c1-2-15-18(22)20-14-10-13(5-6-16(14)26-15)27(23,24)9-7-17(21)19-11-12-4-3-8-25-12/h3-6,8,10,15H,2,7,9,11H2,1H3,(H,19,21)(H,20,22)/t15-/m1/s1. The third-order valence-electron chi connectivity index (χ3n) is 4.14. The number of fused-ring (bicyclic) bond motifs is 1. The second kappa shape index (κ2) is 8.45. The second-order valence-corrected chi connectivity index (χ2v) is 10.5. The third kappa shape index (κ3) is 4.91. The number of nitrogens with one attached hydrogen (secondary N) is 2. The molecule has 3 rings (SSSR count). The maximum Gasteiger partial charge on any atom is 0.237 e. The van der Waals surface area contributed by atoms with E-state index in [1.165, 1.54) is 35.2 Å². The summed E-state index contributed by atoms with van der Waals surface area (Å²) in [6.45, 7) is 2.34. The molecule has 2 aromatic rings. The Morgan fingerprint density at radius 2 is 2.11 bits per heavy atom. The molecule has 0 saturated heterocycles. The van der Waals surface area contributed by atoms with E-state index in [1.807, 2.05) is 24.4 Å². The Bertz CT molecular complexity index is 940. The van der Waals surface area contributed by atoms with E-state index < -0.39 is 9.84 Å². The summed E-state index contributed by atoms with van der Waals surface area (Å²) in [5.74, 6) is -0.696. The van der Waals surface area contributed by atoms with Gasteiger partial charge in [-0.2, -0.15) is 0 Å². The third-order valence-corrected chi connectivity index (χ3v) is 8.17. The molecule has 1 atom stereocenters. The van der Waals surface area contributed by atoms with Gasteiger partial charge < -0.3 is 10.6 Å². The fourth-order valence-corrected chi connectivity index (χ4v) is 5.55. The van der Waals surface area contributed by atoms with E-state index in [4.69, 9.17) is 0 Å². The van der Waals surface area contributed by atoms with Gasteiger partial charge >= 0.3 is 0 Å². The van der Waals surface area contributed by atoms with Gasteiger partial charge in [0.1, 0.15) is 0 Å². The molecular formula is C18H20N2O4S3. The lowest BCUT2D eigenvalue weighted by molar-refractivity contribution is -0.120. The number of amides is 2. The van der Waals surface area contributed by atoms with Crippen molar-refractivity contribution < 1.29 is 18.0 Å². The van der Waals surface area contributed by atoms with Crippen LogP contribution in [0.2, 0.25) is 0 Å². The summed E-state index contributed by atoms with van der Waals surface area (Å²) >= 11 is 2.97. The van der Waals surface area contributed by atoms with E-state index in [0.29, 0.717) is 18.7 Å². The average Bonchev–Trinajstić information content (AvgIpc) is 3.17. The average molecular weight is 425 g/mol. The van der Waals surface area contributed by atoms with Crippen LogP contribution >= 0.6 is 23.1 Å². The molecule has 0 spiro atoms. The van der Waals surface area contributed by atoms with Gasteiger partial charge in [-0.1, -0.05) is 13.0 Å². The Kier molecular flexibility index (Phi) is 6.23. The van der Waals surface area contributed by atoms with Crippen LogP contribution in [0.15, 0.2) is 45.5 Å². The minimum absolute atomic E-state index is 0.107. The van der Waals surface area contributed by atoms with Crippen molar-refractivity contribution in [2.75, 3.05) is 11.1 Å². The second-order valence-electron chi connectivity index (χ2n) is 6.09. The van der Waals surface area contributed by atoms with Crippen molar-refractivity contribution >= 4 is 50.4 Å². The van der Waals surface area contributed by atoms with Crippen molar-refractivity contribution in [2.24, 2.45) is 0 Å². The van der Waals surface area contributed by atoms with Gasteiger partial charge in [-0.05, 0) is 36.1 Å². The predicted molar refractivity (Wildman–Crippen MR) is 108 cm³/mol. The SMILES string of the molecule is CC[C@H]1Sc2ccc(S(=O)(=O)CCC(=O)NCc3cccs3)cc2NC1=O. The number of thioether (sulfide) groups is 1. The molecule has 1 aromatic carbocycles. The Balaban J connectivity index is 1.62. The first kappa shape index (κ1) is 19.9. The number of hydrogen-bond acceptors (Lipinski definition) is 6. The highest BCUT2D eigenvalue weighted by molar-refractivity contribution is 8.01. The topological polar surface area (TPSA) is 92.3 Å². The quantitative estimate of drug-likeness (QED) is 0.713. The smallest absolute Gasteiger partial charge is 0.237 e. The van der Waals surface area contributed by atoms with Gasteiger partial charge in [0.2, 0.25) is 11.8 Å². The lowest BCUT2D eigenvalue weighted by atomic mass is 10.2. The number of benzene rings is 1. The number of carbonyl (C=O) groups is 2. The molecule has 0 radical (unpaired) electrons. The van der Waals surface area contributed by atoms with Crippen LogP contribution in [0.1, 0.15) is 24.6 Å². The van der Waals surface area contributed by atoms with Crippen molar-refractivity contribution in [1.82, 2.24) is 5.32 Å². The number of rotatable bonds is 7. The van der Waals surface area contributed by atoms with E-state index in [0.717, 1.165) is 9.77 Å². The van der Waals surface area contributed by atoms with Crippen molar-refractivity contribution in [3.63, 3.8) is 0 Å². The van der Waals surface area contributed by atoms with Crippen LogP contribution in [-0.4, -0.2) is 31.2 Å². The molecule has 0 bridgehead atoms. The van der Waals surface area contributed by atoms with E-state index in [-0.39, 0.29) is 34.1 Å². The summed E-state index contributed by atoms with van der Waals surface area (Å²) in [6, 6.07) is 8.53. The minimum Gasteiger partial charge on any atom is -0.351 e. The van der Waals surface area contributed by atoms with Gasteiger partial charge in [0.25, 0.3) is 0 Å². The lowest BCUT2D eigenvalue weighted by Gasteiger charge is -2.23. The fraction of sp³-hybridized carbons (Fsp3) is 0.333. The molecule has 2 heterocycles. The molecule has 27 heavy (non-hydrogen) atoms. The molecular weight excluding hydrogens is 404 g/mol. The zero-order chi connectivity index (χ0) is 19.4. The summed E-state index contributed by atoms with van der Waals surface area (Å²) in [4.78, 5) is 25.9. The highest BCUT2D eigenvalue weighted by atomic mass is 32.2. The molecule has 9 heteroatoms. The van der Waals surface area contributed by atoms with Gasteiger partial charge in [0.15, 0.2) is 9.84 Å². The highest BCUT2D eigenvalue weighted by Gasteiger charge is 2.27. The van der Waals surface area contributed by atoms with Crippen LogP contribution in [0, 0.1) is 0 Å². The van der Waals surface area contributed by atoms with Crippen LogP contribution in [0.4, 0.5) is 5.69 Å². The summed E-state index contributed by atoms with van der Waals surface area (Å²) in [5.41, 5.74) is 0.512. The molecule has 2 amide bonds. The Morgan fingerprint density at radius 3 is 2.81 bits per heavy atom. The molecule has 0 unspecified atom stereocenters. The normalized spacial score (nSPS) is 16.5. The van der Waals surface area contributed by atoms with E-state index in [9.17, 15) is 18.0 Å². The van der Waals surface area contributed by atoms with E-state index in [1.54, 1.807) is 6.07 Å². The molecule has 0 aliphatic carbocycles. The van der Waals surface area contributed by atoms with Crippen molar-refractivity contribution in [3.05, 3.63) is 40.6 Å². The summed E-state index contributed by atoms with van der Waals surface area (Å²) in [6.07, 6.45) is 0.598. The fourth-order valence-electron chi connectivity index (χ4n) is 2.62. The first-order valence-electron chi connectivity index (χ1n) is 8.52. The Labute approximate surface area is 166 Å². The largest absolute Gasteiger partial charge is 0.351 e. The van der Waals surface area contributed by atoms with Crippen molar-refractivity contribution in [2.45, 2.75) is 41.4 Å². The minimum atomic E-state index is -3.62. The Hall–Kier alpha value is -1.84. The molecule has 1 aliphatic heterocycles.